The van der Waals surface area contributed by atoms with Crippen LogP contribution in [0.5, 0.6) is 0 Å². The predicted octanol–water partition coefficient (Wildman–Crippen LogP) is 2.54. The van der Waals surface area contributed by atoms with Crippen LogP contribution in [0.3, 0.4) is 0 Å². The number of thiol groups is 1. The van der Waals surface area contributed by atoms with Gasteiger partial charge in [-0.05, 0) is 40.0 Å². The normalized spacial score (nSPS) is 14.4. The molecule has 0 aromatic rings. The van der Waals surface area contributed by atoms with E-state index < -0.39 is 23.7 Å². The summed E-state index contributed by atoms with van der Waals surface area (Å²) in [5, 5.41) is 2.74. The summed E-state index contributed by atoms with van der Waals surface area (Å²) in [6.45, 7) is 7.31. The van der Waals surface area contributed by atoms with Crippen molar-refractivity contribution in [1.82, 2.24) is 5.32 Å². The van der Waals surface area contributed by atoms with Gasteiger partial charge in [0, 0.05) is 5.25 Å². The number of rotatable bonds is 6. The van der Waals surface area contributed by atoms with Crippen molar-refractivity contribution in [1.29, 1.82) is 0 Å². The lowest BCUT2D eigenvalue weighted by Crippen LogP contribution is -2.44. The Kier molecular flexibility index (Phi) is 7.90. The highest BCUT2D eigenvalue weighted by molar-refractivity contribution is 7.80. The number of esters is 1. The maximum atomic E-state index is 11.6. The smallest absolute Gasteiger partial charge is 0.408 e. The third-order valence-electron chi connectivity index (χ3n) is 2.44. The third kappa shape index (κ3) is 8.75. The van der Waals surface area contributed by atoms with Crippen LogP contribution in [0.2, 0.25) is 0 Å². The quantitative estimate of drug-likeness (QED) is 0.583. The van der Waals surface area contributed by atoms with Crippen LogP contribution in [0.25, 0.3) is 0 Å². The molecule has 0 heterocycles. The molecule has 1 N–H and O–H groups in total. The Labute approximate surface area is 120 Å². The molecule has 6 heteroatoms. The first kappa shape index (κ1) is 18.1. The number of amides is 1. The summed E-state index contributed by atoms with van der Waals surface area (Å²) in [5.41, 5.74) is -0.597. The van der Waals surface area contributed by atoms with E-state index in [1.165, 1.54) is 7.11 Å². The summed E-state index contributed by atoms with van der Waals surface area (Å²) in [7, 11) is 1.30. The molecule has 0 radical (unpaired) electrons. The van der Waals surface area contributed by atoms with E-state index in [0.29, 0.717) is 6.42 Å². The van der Waals surface area contributed by atoms with Crippen LogP contribution in [0.4, 0.5) is 4.79 Å². The van der Waals surface area contributed by atoms with Crippen molar-refractivity contribution in [2.45, 2.75) is 63.9 Å². The van der Waals surface area contributed by atoms with Gasteiger partial charge in [-0.1, -0.05) is 6.92 Å². The Bertz CT molecular complexity index is 302. The number of carbonyl (C=O) groups is 2. The van der Waals surface area contributed by atoms with E-state index in [-0.39, 0.29) is 5.25 Å². The van der Waals surface area contributed by atoms with E-state index in [2.05, 4.69) is 22.7 Å². The molecule has 0 aliphatic heterocycles. The van der Waals surface area contributed by atoms with Gasteiger partial charge < -0.3 is 14.8 Å². The molecule has 0 aromatic heterocycles. The van der Waals surface area contributed by atoms with Gasteiger partial charge in [0.2, 0.25) is 0 Å². The van der Waals surface area contributed by atoms with Gasteiger partial charge in [-0.2, -0.15) is 12.6 Å². The van der Waals surface area contributed by atoms with Gasteiger partial charge in [-0.3, -0.25) is 0 Å². The summed E-state index contributed by atoms with van der Waals surface area (Å²) in [6.07, 6.45) is 1.49. The zero-order chi connectivity index (χ0) is 15.1. The van der Waals surface area contributed by atoms with Crippen molar-refractivity contribution in [3.05, 3.63) is 0 Å². The van der Waals surface area contributed by atoms with Gasteiger partial charge in [0.25, 0.3) is 0 Å². The number of ether oxygens (including phenoxy) is 2. The summed E-state index contributed by atoms with van der Waals surface area (Å²) < 4.78 is 9.79. The fourth-order valence-electron chi connectivity index (χ4n) is 1.40. The van der Waals surface area contributed by atoms with Crippen molar-refractivity contribution >= 4 is 24.7 Å². The Morgan fingerprint density at radius 2 is 1.84 bits per heavy atom. The third-order valence-corrected chi connectivity index (χ3v) is 3.06. The van der Waals surface area contributed by atoms with Gasteiger partial charge in [0.15, 0.2) is 0 Å². The van der Waals surface area contributed by atoms with Crippen molar-refractivity contribution in [2.75, 3.05) is 7.11 Å². The van der Waals surface area contributed by atoms with Crippen LogP contribution in [0.15, 0.2) is 0 Å². The zero-order valence-corrected chi connectivity index (χ0v) is 13.3. The molecule has 0 rings (SSSR count). The lowest BCUT2D eigenvalue weighted by Gasteiger charge is -2.23. The predicted molar refractivity (Wildman–Crippen MR) is 77.5 cm³/mol. The zero-order valence-electron chi connectivity index (χ0n) is 12.4. The first-order valence-corrected chi connectivity index (χ1v) is 6.96. The second-order valence-electron chi connectivity index (χ2n) is 5.36. The number of hydrogen-bond donors (Lipinski definition) is 2. The Morgan fingerprint density at radius 3 is 2.26 bits per heavy atom. The molecule has 5 nitrogen and oxygen atoms in total. The number of alkyl carbamates (subject to hydrolysis) is 1. The average molecular weight is 291 g/mol. The lowest BCUT2D eigenvalue weighted by atomic mass is 10.1. The molecule has 112 valence electrons. The van der Waals surface area contributed by atoms with Crippen LogP contribution in [-0.2, 0) is 14.3 Å². The van der Waals surface area contributed by atoms with E-state index in [0.717, 1.165) is 12.8 Å². The van der Waals surface area contributed by atoms with Crippen LogP contribution < -0.4 is 5.32 Å². The van der Waals surface area contributed by atoms with E-state index in [1.807, 2.05) is 6.92 Å². The summed E-state index contributed by atoms with van der Waals surface area (Å²) >= 11 is 4.37. The number of methoxy groups -OCH3 is 1. The van der Waals surface area contributed by atoms with Gasteiger partial charge in [0.05, 0.1) is 7.11 Å². The van der Waals surface area contributed by atoms with Crippen LogP contribution in [-0.4, -0.2) is 36.1 Å². The van der Waals surface area contributed by atoms with E-state index in [9.17, 15) is 9.59 Å². The molecule has 1 amide bonds. The van der Waals surface area contributed by atoms with Crippen LogP contribution in [0, 0.1) is 0 Å². The number of nitrogens with one attached hydrogen (secondary N) is 1. The Morgan fingerprint density at radius 1 is 1.26 bits per heavy atom. The van der Waals surface area contributed by atoms with Gasteiger partial charge in [-0.25, -0.2) is 9.59 Å². The summed E-state index contributed by atoms with van der Waals surface area (Å²) in [4.78, 5) is 23.2. The van der Waals surface area contributed by atoms with E-state index in [1.54, 1.807) is 20.8 Å². The highest BCUT2D eigenvalue weighted by atomic mass is 32.1. The number of hydrogen-bond acceptors (Lipinski definition) is 5. The van der Waals surface area contributed by atoms with Crippen molar-refractivity contribution in [3.63, 3.8) is 0 Å². The molecule has 0 bridgehead atoms. The second kappa shape index (κ2) is 8.30. The molecule has 0 aliphatic carbocycles. The SMILES string of the molecule is CCC(S)CCC(NC(=O)OC(C)(C)C)C(=O)OC. The van der Waals surface area contributed by atoms with E-state index in [4.69, 9.17) is 4.74 Å². The summed E-state index contributed by atoms with van der Waals surface area (Å²) in [6, 6.07) is -0.693. The van der Waals surface area contributed by atoms with Crippen molar-refractivity contribution in [2.24, 2.45) is 0 Å². The van der Waals surface area contributed by atoms with Crippen LogP contribution in [0.1, 0.15) is 47.0 Å². The molecule has 2 atom stereocenters. The second-order valence-corrected chi connectivity index (χ2v) is 6.09. The summed E-state index contributed by atoms with van der Waals surface area (Å²) in [5.74, 6) is -0.470. The van der Waals surface area contributed by atoms with Crippen molar-refractivity contribution in [3.8, 4) is 0 Å². The van der Waals surface area contributed by atoms with E-state index >= 15 is 0 Å². The molecule has 0 aromatic carbocycles. The topological polar surface area (TPSA) is 64.6 Å². The largest absolute Gasteiger partial charge is 0.467 e. The van der Waals surface area contributed by atoms with Crippen LogP contribution >= 0.6 is 12.6 Å². The first-order valence-electron chi connectivity index (χ1n) is 6.45. The van der Waals surface area contributed by atoms with Crippen molar-refractivity contribution < 1.29 is 19.1 Å². The number of carbonyl (C=O) groups excluding carboxylic acids is 2. The minimum absolute atomic E-state index is 0.201. The monoisotopic (exact) mass is 291 g/mol. The standard InChI is InChI=1S/C13H25NO4S/c1-6-9(19)7-8-10(11(15)17-5)14-12(16)18-13(2,3)4/h9-10,19H,6-8H2,1-5H3,(H,14,16). The highest BCUT2D eigenvalue weighted by Gasteiger charge is 2.25. The molecular formula is C13H25NO4S. The Balaban J connectivity index is 4.43. The molecule has 0 fully saturated rings. The maximum absolute atomic E-state index is 11.6. The fourth-order valence-corrected chi connectivity index (χ4v) is 1.55. The van der Waals surface area contributed by atoms with Gasteiger partial charge in [-0.15, -0.1) is 0 Å². The first-order chi connectivity index (χ1) is 8.69. The molecule has 19 heavy (non-hydrogen) atoms. The molecule has 0 saturated carbocycles. The average Bonchev–Trinajstić information content (AvgIpc) is 2.30. The molecule has 0 saturated heterocycles. The minimum atomic E-state index is -0.693. The molecular weight excluding hydrogens is 266 g/mol. The molecule has 0 spiro atoms. The highest BCUT2D eigenvalue weighted by Crippen LogP contribution is 2.12. The molecule has 2 unspecified atom stereocenters. The van der Waals surface area contributed by atoms with Gasteiger partial charge in [0.1, 0.15) is 11.6 Å². The molecule has 0 aliphatic rings. The van der Waals surface area contributed by atoms with Gasteiger partial charge >= 0.3 is 12.1 Å². The fraction of sp³-hybridized carbons (Fsp3) is 0.846. The minimum Gasteiger partial charge on any atom is -0.467 e. The maximum Gasteiger partial charge on any atom is 0.408 e. The lowest BCUT2D eigenvalue weighted by molar-refractivity contribution is -0.143. The Hall–Kier alpha value is -0.910.